The monoisotopic (exact) mass is 469 g/mol. The van der Waals surface area contributed by atoms with Gasteiger partial charge >= 0.3 is 0 Å². The Labute approximate surface area is 198 Å². The molecular weight excluding hydrogens is 442 g/mol. The lowest BCUT2D eigenvalue weighted by Crippen LogP contribution is -2.48. The number of rotatable bonds is 5. The van der Waals surface area contributed by atoms with E-state index in [0.29, 0.717) is 68.0 Å². The molecule has 0 saturated carbocycles. The summed E-state index contributed by atoms with van der Waals surface area (Å²) >= 11 is 6.80. The first-order valence-corrected chi connectivity index (χ1v) is 11.4. The van der Waals surface area contributed by atoms with Gasteiger partial charge in [0.05, 0.1) is 11.2 Å². The maximum absolute atomic E-state index is 12.0. The summed E-state index contributed by atoms with van der Waals surface area (Å²) in [5.74, 6) is 1.07. The maximum atomic E-state index is 12.0. The largest absolute Gasteiger partial charge is 0.508 e. The highest BCUT2D eigenvalue weighted by Gasteiger charge is 2.30. The smallest absolute Gasteiger partial charge is 0.260 e. The highest BCUT2D eigenvalue weighted by atomic mass is 35.5. The number of aliphatic hydroxyl groups is 1. The van der Waals surface area contributed by atoms with E-state index in [9.17, 15) is 9.90 Å². The minimum atomic E-state index is -0.0692. The number of piperazine rings is 1. The van der Waals surface area contributed by atoms with Gasteiger partial charge < -0.3 is 24.4 Å². The fraction of sp³-hybridized carbons (Fsp3) is 0.360. The number of pyridine rings is 1. The zero-order valence-electron chi connectivity index (χ0n) is 19.0. The third-order valence-electron chi connectivity index (χ3n) is 6.18. The number of carbonyl (C=O) groups excluding carboxylic acids is 1. The van der Waals surface area contributed by atoms with Gasteiger partial charge in [-0.25, -0.2) is 4.98 Å². The Morgan fingerprint density at radius 3 is 2.55 bits per heavy atom. The number of aliphatic hydroxyl groups excluding tert-OH is 1. The van der Waals surface area contributed by atoms with E-state index >= 15 is 0 Å². The van der Waals surface area contributed by atoms with Crippen LogP contribution >= 0.6 is 11.6 Å². The molecule has 1 N–H and O–H groups in total. The molecule has 0 bridgehead atoms. The standard InChI is InChI=1S/C25H28ClN3O4/c1-5-16(19(30)6-2)21-15(4)22-17(14-18(21)26)23(24-25(27-22)33-13-12-32-24)29-10-8-28(9-11-29)20(31)7-3/h6-7,14,30H,2-3,5,8-13H2,1,4H3/b19-16-. The Morgan fingerprint density at radius 1 is 1.21 bits per heavy atom. The summed E-state index contributed by atoms with van der Waals surface area (Å²) in [6.45, 7) is 14.4. The molecule has 3 heterocycles. The van der Waals surface area contributed by atoms with E-state index < -0.39 is 0 Å². The molecule has 33 heavy (non-hydrogen) atoms. The first-order valence-electron chi connectivity index (χ1n) is 11.0. The normalized spacial score (nSPS) is 16.5. The summed E-state index contributed by atoms with van der Waals surface area (Å²) in [6.07, 6.45) is 3.35. The van der Waals surface area contributed by atoms with Crippen molar-refractivity contribution in [2.75, 3.05) is 44.3 Å². The summed E-state index contributed by atoms with van der Waals surface area (Å²) in [6, 6.07) is 1.88. The second kappa shape index (κ2) is 9.35. The first-order chi connectivity index (χ1) is 15.9. The number of amides is 1. The number of halogens is 1. The van der Waals surface area contributed by atoms with Gasteiger partial charge in [-0.1, -0.05) is 31.7 Å². The number of benzene rings is 1. The van der Waals surface area contributed by atoms with Gasteiger partial charge in [-0.3, -0.25) is 4.79 Å². The van der Waals surface area contributed by atoms with E-state index in [1.807, 2.05) is 19.9 Å². The van der Waals surface area contributed by atoms with E-state index in [-0.39, 0.29) is 11.7 Å². The van der Waals surface area contributed by atoms with Crippen molar-refractivity contribution in [3.8, 4) is 11.6 Å². The van der Waals surface area contributed by atoms with Crippen molar-refractivity contribution >= 4 is 39.7 Å². The van der Waals surface area contributed by atoms with Gasteiger partial charge in [-0.2, -0.15) is 0 Å². The SMILES string of the molecule is C=CC(=O)N1CCN(c2c3c(nc4c(C)c(/C(CC)=C(\O)C=C)c(Cl)cc24)OCCO3)CC1. The molecule has 1 aromatic heterocycles. The highest BCUT2D eigenvalue weighted by molar-refractivity contribution is 6.33. The van der Waals surface area contributed by atoms with E-state index in [1.54, 1.807) is 4.90 Å². The molecule has 2 aliphatic heterocycles. The molecule has 0 unspecified atom stereocenters. The summed E-state index contributed by atoms with van der Waals surface area (Å²) in [5.41, 5.74) is 3.92. The van der Waals surface area contributed by atoms with Crippen molar-refractivity contribution in [3.05, 3.63) is 53.3 Å². The topological polar surface area (TPSA) is 75.1 Å². The summed E-state index contributed by atoms with van der Waals surface area (Å²) in [4.78, 5) is 20.8. The van der Waals surface area contributed by atoms with E-state index in [1.165, 1.54) is 12.2 Å². The molecule has 2 aromatic rings. The number of ether oxygens (including phenoxy) is 2. The third kappa shape index (κ3) is 4.02. The Kier molecular flexibility index (Phi) is 6.51. The number of aryl methyl sites for hydroxylation is 1. The predicted octanol–water partition coefficient (Wildman–Crippen LogP) is 4.67. The van der Waals surface area contributed by atoms with Crippen LogP contribution in [0.1, 0.15) is 24.5 Å². The average Bonchev–Trinajstić information content (AvgIpc) is 2.84. The summed E-state index contributed by atoms with van der Waals surface area (Å²) in [7, 11) is 0. The minimum absolute atomic E-state index is 0.0692. The molecule has 174 valence electrons. The van der Waals surface area contributed by atoms with Crippen molar-refractivity contribution < 1.29 is 19.4 Å². The number of anilines is 1. The molecule has 0 radical (unpaired) electrons. The van der Waals surface area contributed by atoms with Crippen LogP contribution in [-0.4, -0.2) is 60.3 Å². The molecule has 1 fully saturated rings. The van der Waals surface area contributed by atoms with Crippen molar-refractivity contribution in [1.29, 1.82) is 0 Å². The van der Waals surface area contributed by atoms with Gasteiger partial charge in [0.2, 0.25) is 11.7 Å². The summed E-state index contributed by atoms with van der Waals surface area (Å²) in [5, 5.41) is 11.8. The van der Waals surface area contributed by atoms with E-state index in [2.05, 4.69) is 18.1 Å². The molecular formula is C25H28ClN3O4. The molecule has 1 amide bonds. The number of carbonyl (C=O) groups is 1. The van der Waals surface area contributed by atoms with E-state index in [0.717, 1.165) is 27.7 Å². The van der Waals surface area contributed by atoms with Crippen LogP contribution in [0.2, 0.25) is 5.02 Å². The molecule has 4 rings (SSSR count). The number of hydrogen-bond donors (Lipinski definition) is 1. The zero-order chi connectivity index (χ0) is 23.7. The van der Waals surface area contributed by atoms with Crippen molar-refractivity contribution in [3.63, 3.8) is 0 Å². The second-order valence-electron chi connectivity index (χ2n) is 7.98. The fourth-order valence-electron chi connectivity index (χ4n) is 4.55. The second-order valence-corrected chi connectivity index (χ2v) is 8.39. The lowest BCUT2D eigenvalue weighted by molar-refractivity contribution is -0.126. The molecule has 0 aliphatic carbocycles. The average molecular weight is 470 g/mol. The van der Waals surface area contributed by atoms with Gasteiger partial charge in [0, 0.05) is 47.7 Å². The molecule has 1 saturated heterocycles. The number of allylic oxidation sites excluding steroid dienone is 2. The summed E-state index contributed by atoms with van der Waals surface area (Å²) < 4.78 is 11.9. The van der Waals surface area contributed by atoms with Crippen LogP contribution < -0.4 is 14.4 Å². The van der Waals surface area contributed by atoms with Crippen molar-refractivity contribution in [2.24, 2.45) is 0 Å². The minimum Gasteiger partial charge on any atom is -0.508 e. The molecule has 0 spiro atoms. The predicted molar refractivity (Wildman–Crippen MR) is 132 cm³/mol. The Morgan fingerprint density at radius 2 is 1.91 bits per heavy atom. The van der Waals surface area contributed by atoms with Crippen LogP contribution in [0.25, 0.3) is 16.5 Å². The number of aromatic nitrogens is 1. The van der Waals surface area contributed by atoms with Crippen LogP contribution in [0.3, 0.4) is 0 Å². The molecule has 8 heteroatoms. The van der Waals surface area contributed by atoms with Gasteiger partial charge in [0.15, 0.2) is 0 Å². The number of fused-ring (bicyclic) bond motifs is 2. The van der Waals surface area contributed by atoms with Gasteiger partial charge in [-0.05, 0) is 37.1 Å². The lowest BCUT2D eigenvalue weighted by Gasteiger charge is -2.37. The van der Waals surface area contributed by atoms with Crippen LogP contribution in [0.5, 0.6) is 11.6 Å². The van der Waals surface area contributed by atoms with Crippen LogP contribution in [0, 0.1) is 6.92 Å². The quantitative estimate of drug-likeness (QED) is 0.389. The Hall–Kier alpha value is -3.19. The molecule has 7 nitrogen and oxygen atoms in total. The zero-order valence-corrected chi connectivity index (χ0v) is 19.7. The van der Waals surface area contributed by atoms with Crippen LogP contribution in [0.15, 0.2) is 37.1 Å². The molecule has 0 atom stereocenters. The number of hydrogen-bond acceptors (Lipinski definition) is 6. The highest BCUT2D eigenvalue weighted by Crippen LogP contribution is 2.47. The lowest BCUT2D eigenvalue weighted by atomic mass is 9.94. The van der Waals surface area contributed by atoms with Crippen LogP contribution in [0.4, 0.5) is 5.69 Å². The fourth-order valence-corrected chi connectivity index (χ4v) is 4.92. The van der Waals surface area contributed by atoms with Crippen molar-refractivity contribution in [2.45, 2.75) is 20.3 Å². The van der Waals surface area contributed by atoms with E-state index in [4.69, 9.17) is 26.1 Å². The molecule has 1 aromatic carbocycles. The van der Waals surface area contributed by atoms with Gasteiger partial charge in [-0.15, -0.1) is 0 Å². The van der Waals surface area contributed by atoms with Gasteiger partial charge in [0.25, 0.3) is 5.88 Å². The maximum Gasteiger partial charge on any atom is 0.260 e. The van der Waals surface area contributed by atoms with Crippen molar-refractivity contribution in [1.82, 2.24) is 9.88 Å². The molecule has 2 aliphatic rings. The third-order valence-corrected chi connectivity index (χ3v) is 6.48. The van der Waals surface area contributed by atoms with Crippen LogP contribution in [-0.2, 0) is 4.79 Å². The Bertz CT molecular complexity index is 1170. The number of nitrogens with zero attached hydrogens (tertiary/aromatic N) is 3. The first kappa shape index (κ1) is 23.0. The Balaban J connectivity index is 1.91. The van der Waals surface area contributed by atoms with Gasteiger partial charge in [0.1, 0.15) is 19.0 Å².